The van der Waals surface area contributed by atoms with Crippen molar-refractivity contribution in [2.24, 2.45) is 5.41 Å². The predicted molar refractivity (Wildman–Crippen MR) is 84.2 cm³/mol. The van der Waals surface area contributed by atoms with E-state index in [4.69, 9.17) is 4.74 Å². The van der Waals surface area contributed by atoms with E-state index in [2.05, 4.69) is 26.6 Å². The molecule has 0 aromatic carbocycles. The van der Waals surface area contributed by atoms with Gasteiger partial charge in [0.15, 0.2) is 0 Å². The van der Waals surface area contributed by atoms with Gasteiger partial charge in [0, 0.05) is 33.3 Å². The molecule has 0 radical (unpaired) electrons. The number of hydrogen-bond acceptors (Lipinski definition) is 4. The van der Waals surface area contributed by atoms with Crippen molar-refractivity contribution in [2.45, 2.75) is 25.8 Å². The van der Waals surface area contributed by atoms with Crippen LogP contribution in [0.25, 0.3) is 0 Å². The van der Waals surface area contributed by atoms with E-state index >= 15 is 0 Å². The number of likely N-dealkylation sites (tertiary alicyclic amines) is 2. The first kappa shape index (κ1) is 14.5. The van der Waals surface area contributed by atoms with Gasteiger partial charge >= 0.3 is 0 Å². The molecule has 0 N–H and O–H groups in total. The van der Waals surface area contributed by atoms with E-state index in [9.17, 15) is 0 Å². The molecule has 2 saturated heterocycles. The zero-order valence-electron chi connectivity index (χ0n) is 12.5. The predicted octanol–water partition coefficient (Wildman–Crippen LogP) is 2.68. The fraction of sp³-hybridized carbons (Fsp3) is 0.750. The van der Waals surface area contributed by atoms with Gasteiger partial charge in [-0.05, 0) is 60.2 Å². The number of hydrogen-bond donors (Lipinski definition) is 0. The lowest BCUT2D eigenvalue weighted by atomic mass is 9.79. The number of ether oxygens (including phenoxy) is 1. The van der Waals surface area contributed by atoms with Crippen molar-refractivity contribution < 1.29 is 4.74 Å². The third-order valence-electron chi connectivity index (χ3n) is 4.86. The molecule has 4 heteroatoms. The van der Waals surface area contributed by atoms with Crippen LogP contribution in [0.15, 0.2) is 16.8 Å². The molecule has 1 unspecified atom stereocenters. The van der Waals surface area contributed by atoms with E-state index in [-0.39, 0.29) is 0 Å². The van der Waals surface area contributed by atoms with E-state index in [0.29, 0.717) is 5.41 Å². The van der Waals surface area contributed by atoms with Gasteiger partial charge in [-0.15, -0.1) is 0 Å². The van der Waals surface area contributed by atoms with Crippen LogP contribution in [-0.4, -0.2) is 56.2 Å². The van der Waals surface area contributed by atoms with Crippen molar-refractivity contribution in [3.63, 3.8) is 0 Å². The molecule has 1 aromatic rings. The minimum absolute atomic E-state index is 0.558. The standard InChI is InChI=1S/C16H26N2OS/c1-19-9-8-17-6-2-4-16(13-17)5-7-18(14-16)11-15-3-10-20-12-15/h3,10,12H,2,4-9,11,13-14H2,1H3. The summed E-state index contributed by atoms with van der Waals surface area (Å²) in [6, 6.07) is 2.27. The van der Waals surface area contributed by atoms with E-state index in [1.54, 1.807) is 7.11 Å². The van der Waals surface area contributed by atoms with Gasteiger partial charge in [0.1, 0.15) is 0 Å². The summed E-state index contributed by atoms with van der Waals surface area (Å²) in [5.41, 5.74) is 2.04. The molecule has 1 atom stereocenters. The summed E-state index contributed by atoms with van der Waals surface area (Å²) in [5.74, 6) is 0. The highest BCUT2D eigenvalue weighted by atomic mass is 32.1. The number of piperidine rings is 1. The van der Waals surface area contributed by atoms with E-state index in [0.717, 1.165) is 19.7 Å². The van der Waals surface area contributed by atoms with Gasteiger partial charge in [-0.1, -0.05) is 0 Å². The number of methoxy groups -OCH3 is 1. The molecule has 112 valence electrons. The summed E-state index contributed by atoms with van der Waals surface area (Å²) in [5, 5.41) is 4.48. The topological polar surface area (TPSA) is 15.7 Å². The molecule has 0 aliphatic carbocycles. The molecule has 3 rings (SSSR count). The van der Waals surface area contributed by atoms with E-state index in [1.807, 2.05) is 11.3 Å². The van der Waals surface area contributed by atoms with Crippen LogP contribution in [0.2, 0.25) is 0 Å². The normalized spacial score (nSPS) is 28.4. The molecule has 0 amide bonds. The highest BCUT2D eigenvalue weighted by Gasteiger charge is 2.40. The van der Waals surface area contributed by atoms with Crippen LogP contribution in [-0.2, 0) is 11.3 Å². The van der Waals surface area contributed by atoms with Crippen molar-refractivity contribution in [3.8, 4) is 0 Å². The molecular weight excluding hydrogens is 268 g/mol. The van der Waals surface area contributed by atoms with Gasteiger partial charge in [-0.2, -0.15) is 11.3 Å². The SMILES string of the molecule is COCCN1CCCC2(CCN(Cc3ccsc3)C2)C1. The Kier molecular flexibility index (Phi) is 4.76. The van der Waals surface area contributed by atoms with Gasteiger partial charge < -0.3 is 9.64 Å². The number of nitrogens with zero attached hydrogens (tertiary/aromatic N) is 2. The second-order valence-corrected chi connectivity index (χ2v) is 7.24. The molecule has 20 heavy (non-hydrogen) atoms. The molecule has 3 heterocycles. The van der Waals surface area contributed by atoms with Gasteiger partial charge in [0.2, 0.25) is 0 Å². The Hall–Kier alpha value is -0.420. The summed E-state index contributed by atoms with van der Waals surface area (Å²) >= 11 is 1.81. The average molecular weight is 294 g/mol. The van der Waals surface area contributed by atoms with Crippen molar-refractivity contribution in [2.75, 3.05) is 46.4 Å². The minimum atomic E-state index is 0.558. The second kappa shape index (κ2) is 6.56. The lowest BCUT2D eigenvalue weighted by Crippen LogP contribution is -2.45. The van der Waals surface area contributed by atoms with Gasteiger partial charge in [0.25, 0.3) is 0 Å². The van der Waals surface area contributed by atoms with Crippen LogP contribution < -0.4 is 0 Å². The monoisotopic (exact) mass is 294 g/mol. The third kappa shape index (κ3) is 3.42. The molecule has 2 aliphatic rings. The van der Waals surface area contributed by atoms with Crippen molar-refractivity contribution in [1.82, 2.24) is 9.80 Å². The minimum Gasteiger partial charge on any atom is -0.383 e. The van der Waals surface area contributed by atoms with Gasteiger partial charge in [-0.3, -0.25) is 4.90 Å². The van der Waals surface area contributed by atoms with Gasteiger partial charge in [0.05, 0.1) is 6.61 Å². The van der Waals surface area contributed by atoms with Crippen LogP contribution in [0, 0.1) is 5.41 Å². The van der Waals surface area contributed by atoms with Gasteiger partial charge in [-0.25, -0.2) is 0 Å². The molecule has 0 saturated carbocycles. The average Bonchev–Trinajstić information content (AvgIpc) is 3.08. The number of rotatable bonds is 5. The van der Waals surface area contributed by atoms with Crippen molar-refractivity contribution >= 4 is 11.3 Å². The Morgan fingerprint density at radius 1 is 1.25 bits per heavy atom. The zero-order chi connectivity index (χ0) is 13.8. The Morgan fingerprint density at radius 2 is 2.15 bits per heavy atom. The molecule has 2 fully saturated rings. The first-order chi connectivity index (χ1) is 9.80. The highest BCUT2D eigenvalue weighted by molar-refractivity contribution is 7.07. The Morgan fingerprint density at radius 3 is 2.95 bits per heavy atom. The van der Waals surface area contributed by atoms with Crippen LogP contribution in [0.1, 0.15) is 24.8 Å². The smallest absolute Gasteiger partial charge is 0.0589 e. The first-order valence-electron chi connectivity index (χ1n) is 7.74. The van der Waals surface area contributed by atoms with Crippen molar-refractivity contribution in [3.05, 3.63) is 22.4 Å². The second-order valence-electron chi connectivity index (χ2n) is 6.46. The van der Waals surface area contributed by atoms with Crippen LogP contribution in [0.3, 0.4) is 0 Å². The summed E-state index contributed by atoms with van der Waals surface area (Å²) in [6.45, 7) is 8.20. The molecule has 1 aromatic heterocycles. The Labute approximate surface area is 126 Å². The van der Waals surface area contributed by atoms with Crippen LogP contribution in [0.5, 0.6) is 0 Å². The van der Waals surface area contributed by atoms with E-state index in [1.165, 1.54) is 51.0 Å². The van der Waals surface area contributed by atoms with E-state index < -0.39 is 0 Å². The lowest BCUT2D eigenvalue weighted by Gasteiger charge is -2.40. The van der Waals surface area contributed by atoms with Crippen LogP contribution in [0.4, 0.5) is 0 Å². The first-order valence-corrected chi connectivity index (χ1v) is 8.69. The van der Waals surface area contributed by atoms with Crippen molar-refractivity contribution in [1.29, 1.82) is 0 Å². The molecule has 3 nitrogen and oxygen atoms in total. The summed E-state index contributed by atoms with van der Waals surface area (Å²) < 4.78 is 5.24. The quantitative estimate of drug-likeness (QED) is 0.830. The maximum Gasteiger partial charge on any atom is 0.0589 e. The van der Waals surface area contributed by atoms with Crippen LogP contribution >= 0.6 is 11.3 Å². The largest absolute Gasteiger partial charge is 0.383 e. The molecule has 1 spiro atoms. The fourth-order valence-electron chi connectivity index (χ4n) is 3.86. The molecule has 0 bridgehead atoms. The molecular formula is C16H26N2OS. The summed E-state index contributed by atoms with van der Waals surface area (Å²) in [7, 11) is 1.80. The summed E-state index contributed by atoms with van der Waals surface area (Å²) in [6.07, 6.45) is 4.15. The fourth-order valence-corrected chi connectivity index (χ4v) is 4.52. The maximum absolute atomic E-state index is 5.24. The Bertz CT molecular complexity index is 409. The zero-order valence-corrected chi connectivity index (χ0v) is 13.3. The Balaban J connectivity index is 1.54. The lowest BCUT2D eigenvalue weighted by molar-refractivity contribution is 0.0674. The summed E-state index contributed by atoms with van der Waals surface area (Å²) in [4.78, 5) is 5.27. The molecule has 2 aliphatic heterocycles. The number of thiophene rings is 1. The highest BCUT2D eigenvalue weighted by Crippen LogP contribution is 2.39. The maximum atomic E-state index is 5.24. The third-order valence-corrected chi connectivity index (χ3v) is 5.59.